The zero-order chi connectivity index (χ0) is 17.7. The van der Waals surface area contributed by atoms with Crippen molar-refractivity contribution in [3.05, 3.63) is 23.7 Å². The van der Waals surface area contributed by atoms with Crippen molar-refractivity contribution in [2.75, 3.05) is 24.5 Å². The van der Waals surface area contributed by atoms with Crippen LogP contribution in [0.4, 0.5) is 14.7 Å². The van der Waals surface area contributed by atoms with E-state index in [1.165, 1.54) is 0 Å². The van der Waals surface area contributed by atoms with Crippen LogP contribution >= 0.6 is 0 Å². The molecule has 0 radical (unpaired) electrons. The van der Waals surface area contributed by atoms with Crippen LogP contribution < -0.4 is 10.2 Å². The Balaban J connectivity index is 1.75. The normalized spacial score (nSPS) is 23.7. The fraction of sp³-hybridized carbons (Fsp3) is 0.562. The number of rotatable bonds is 4. The summed E-state index contributed by atoms with van der Waals surface area (Å²) in [5, 5.41) is 17.2. The molecule has 7 nitrogen and oxygen atoms in total. The molecule has 4 heterocycles. The molecular formula is C16H20F2N6O. The zero-order valence-electron chi connectivity index (χ0n) is 14.0. The monoisotopic (exact) mass is 350 g/mol. The van der Waals surface area contributed by atoms with Crippen LogP contribution in [-0.4, -0.2) is 56.6 Å². The number of hydrogen-bond acceptors (Lipinski definition) is 6. The minimum Gasteiger partial charge on any atom is -0.389 e. The highest BCUT2D eigenvalue weighted by Crippen LogP contribution is 2.33. The first kappa shape index (κ1) is 16.3. The van der Waals surface area contributed by atoms with Crippen molar-refractivity contribution in [1.29, 1.82) is 0 Å². The molecule has 2 aliphatic rings. The summed E-state index contributed by atoms with van der Waals surface area (Å²) in [6.45, 7) is 5.47. The molecule has 0 aromatic carbocycles. The lowest BCUT2D eigenvalue weighted by Gasteiger charge is -2.43. The van der Waals surface area contributed by atoms with Gasteiger partial charge in [0.05, 0.1) is 30.1 Å². The van der Waals surface area contributed by atoms with Crippen LogP contribution in [0.25, 0.3) is 11.3 Å². The summed E-state index contributed by atoms with van der Waals surface area (Å²) in [7, 11) is 0. The van der Waals surface area contributed by atoms with Crippen LogP contribution in [-0.2, 0) is 0 Å². The lowest BCUT2D eigenvalue weighted by atomic mass is 10.0. The Bertz CT molecular complexity index is 791. The summed E-state index contributed by atoms with van der Waals surface area (Å²) in [6.07, 6.45) is 0.320. The Morgan fingerprint density at radius 3 is 2.64 bits per heavy atom. The van der Waals surface area contributed by atoms with Crippen LogP contribution in [0.3, 0.4) is 0 Å². The van der Waals surface area contributed by atoms with E-state index in [1.54, 1.807) is 18.0 Å². The largest absolute Gasteiger partial charge is 0.389 e. The first-order valence-corrected chi connectivity index (χ1v) is 8.32. The Labute approximate surface area is 143 Å². The number of halogens is 2. The van der Waals surface area contributed by atoms with Gasteiger partial charge in [0.2, 0.25) is 5.95 Å². The van der Waals surface area contributed by atoms with Crippen molar-refractivity contribution >= 4 is 5.95 Å². The number of aliphatic hydroxyl groups excluding tert-OH is 1. The zero-order valence-corrected chi connectivity index (χ0v) is 14.0. The van der Waals surface area contributed by atoms with Gasteiger partial charge in [-0.05, 0) is 13.8 Å². The molecule has 0 amide bonds. The molecule has 2 aliphatic heterocycles. The van der Waals surface area contributed by atoms with Gasteiger partial charge in [-0.3, -0.25) is 4.68 Å². The maximum absolute atomic E-state index is 13.5. The maximum atomic E-state index is 13.5. The lowest BCUT2D eigenvalue weighted by Crippen LogP contribution is -2.59. The number of alkyl halides is 2. The number of anilines is 1. The molecule has 9 heteroatoms. The van der Waals surface area contributed by atoms with E-state index in [0.717, 1.165) is 13.1 Å². The number of nitrogens with one attached hydrogen (secondary N) is 1. The van der Waals surface area contributed by atoms with E-state index in [2.05, 4.69) is 20.4 Å². The predicted octanol–water partition coefficient (Wildman–Crippen LogP) is 1.30. The minimum absolute atomic E-state index is 0.190. The number of nitrogens with zero attached hydrogens (tertiary/aromatic N) is 5. The number of aromatic nitrogens is 4. The highest BCUT2D eigenvalue weighted by atomic mass is 19.3. The molecule has 134 valence electrons. The van der Waals surface area contributed by atoms with Crippen LogP contribution in [0, 0.1) is 6.92 Å². The van der Waals surface area contributed by atoms with Crippen LogP contribution in [0.1, 0.15) is 30.6 Å². The highest BCUT2D eigenvalue weighted by Gasteiger charge is 2.36. The summed E-state index contributed by atoms with van der Waals surface area (Å²) in [4.78, 5) is 10.3. The molecule has 2 aromatic heterocycles. The number of hydrogen-bond donors (Lipinski definition) is 2. The van der Waals surface area contributed by atoms with Gasteiger partial charge in [0, 0.05) is 37.0 Å². The van der Waals surface area contributed by atoms with Crippen molar-refractivity contribution in [1.82, 2.24) is 25.1 Å². The lowest BCUT2D eigenvalue weighted by molar-refractivity contribution is 0.0974. The average Bonchev–Trinajstić information content (AvgIpc) is 3.00. The van der Waals surface area contributed by atoms with E-state index in [-0.39, 0.29) is 23.7 Å². The van der Waals surface area contributed by atoms with E-state index < -0.39 is 12.5 Å². The van der Waals surface area contributed by atoms with Crippen molar-refractivity contribution in [2.45, 2.75) is 38.5 Å². The summed E-state index contributed by atoms with van der Waals surface area (Å²) in [5.74, 6) is 0.228. The van der Waals surface area contributed by atoms with Crippen molar-refractivity contribution < 1.29 is 13.9 Å². The highest BCUT2D eigenvalue weighted by molar-refractivity contribution is 5.64. The molecule has 2 N–H and O–H groups in total. The molecule has 0 saturated carbocycles. The van der Waals surface area contributed by atoms with Gasteiger partial charge < -0.3 is 15.3 Å². The smallest absolute Gasteiger partial charge is 0.280 e. The molecule has 0 unspecified atom stereocenters. The third-order valence-corrected chi connectivity index (χ3v) is 5.08. The first-order valence-electron chi connectivity index (χ1n) is 8.32. The van der Waals surface area contributed by atoms with Crippen molar-refractivity contribution in [2.24, 2.45) is 0 Å². The van der Waals surface area contributed by atoms with Crippen LogP contribution in [0.5, 0.6) is 0 Å². The molecule has 2 fully saturated rings. The second-order valence-electron chi connectivity index (χ2n) is 6.66. The summed E-state index contributed by atoms with van der Waals surface area (Å²) in [5.41, 5.74) is 1.25. The molecular weight excluding hydrogens is 330 g/mol. The van der Waals surface area contributed by atoms with Gasteiger partial charge in [-0.25, -0.2) is 18.7 Å². The fourth-order valence-electron chi connectivity index (χ4n) is 3.12. The molecule has 0 bridgehead atoms. The average molecular weight is 350 g/mol. The Hall–Kier alpha value is -2.13. The Kier molecular flexibility index (Phi) is 3.92. The second kappa shape index (κ2) is 5.99. The van der Waals surface area contributed by atoms with Gasteiger partial charge in [0.1, 0.15) is 5.69 Å². The molecule has 25 heavy (non-hydrogen) atoms. The van der Waals surface area contributed by atoms with E-state index >= 15 is 0 Å². The topological polar surface area (TPSA) is 79.1 Å². The van der Waals surface area contributed by atoms with E-state index in [1.807, 2.05) is 17.8 Å². The van der Waals surface area contributed by atoms with Gasteiger partial charge in [-0.15, -0.1) is 0 Å². The minimum atomic E-state index is -2.69. The van der Waals surface area contributed by atoms with Gasteiger partial charge in [0.15, 0.2) is 0 Å². The maximum Gasteiger partial charge on any atom is 0.280 e. The molecule has 0 spiro atoms. The van der Waals surface area contributed by atoms with Crippen molar-refractivity contribution in [3.8, 4) is 11.3 Å². The van der Waals surface area contributed by atoms with E-state index in [9.17, 15) is 13.9 Å². The van der Waals surface area contributed by atoms with Gasteiger partial charge in [-0.2, -0.15) is 5.10 Å². The van der Waals surface area contributed by atoms with Gasteiger partial charge >= 0.3 is 0 Å². The van der Waals surface area contributed by atoms with Crippen molar-refractivity contribution in [3.63, 3.8) is 0 Å². The quantitative estimate of drug-likeness (QED) is 0.865. The molecule has 2 aromatic rings. The number of β-amino-alcohol motifs (C(OH)–C–C–N with tert-alkyl or cyclic N) is 1. The number of aliphatic hydroxyl groups is 1. The van der Waals surface area contributed by atoms with Crippen LogP contribution in [0.15, 0.2) is 12.4 Å². The molecule has 2 saturated heterocycles. The second-order valence-corrected chi connectivity index (χ2v) is 6.66. The summed E-state index contributed by atoms with van der Waals surface area (Å²) >= 11 is 0. The predicted molar refractivity (Wildman–Crippen MR) is 87.7 cm³/mol. The molecule has 2 atom stereocenters. The standard InChI is InChI=1S/C16H20F2N6O/c1-8-13(10-3-20-24(6-10)11-4-19-5-11)21-16(22-14(8)15(17)18)23-7-12(25)9(23)2/h3,6,9,11-12,15,19,25H,4-5,7H2,1-2H3/t9-,12+/m0/s1. The first-order chi connectivity index (χ1) is 12.0. The summed E-state index contributed by atoms with van der Waals surface area (Å²) < 4.78 is 28.8. The Morgan fingerprint density at radius 2 is 2.08 bits per heavy atom. The van der Waals surface area contributed by atoms with E-state index in [4.69, 9.17) is 0 Å². The SMILES string of the molecule is Cc1c(-c2cnn(C3CNC3)c2)nc(N2C[C@@H](O)[C@@H]2C)nc1C(F)F. The van der Waals surface area contributed by atoms with E-state index in [0.29, 0.717) is 23.4 Å². The molecule has 0 aliphatic carbocycles. The summed E-state index contributed by atoms with van der Waals surface area (Å²) in [6, 6.07) is 0.0975. The fourth-order valence-corrected chi connectivity index (χ4v) is 3.12. The third kappa shape index (κ3) is 2.67. The van der Waals surface area contributed by atoms with Crippen LogP contribution in [0.2, 0.25) is 0 Å². The van der Waals surface area contributed by atoms with Gasteiger partial charge in [-0.1, -0.05) is 0 Å². The van der Waals surface area contributed by atoms with Gasteiger partial charge in [0.25, 0.3) is 6.43 Å². The third-order valence-electron chi connectivity index (χ3n) is 5.08. The Morgan fingerprint density at radius 1 is 1.32 bits per heavy atom. The molecule has 4 rings (SSSR count).